The van der Waals surface area contributed by atoms with Gasteiger partial charge in [-0.1, -0.05) is 0 Å². The van der Waals surface area contributed by atoms with Gasteiger partial charge in [0.15, 0.2) is 0 Å². The van der Waals surface area contributed by atoms with Gasteiger partial charge in [-0.2, -0.15) is 0 Å². The van der Waals surface area contributed by atoms with Crippen molar-refractivity contribution in [3.63, 3.8) is 0 Å². The smallest absolute Gasteiger partial charge is 0.227 e. The molecule has 0 saturated carbocycles. The van der Waals surface area contributed by atoms with Crippen LogP contribution in [0.2, 0.25) is 0 Å². The largest absolute Gasteiger partial charge is 0.508 e. The second kappa shape index (κ2) is 5.71. The molecule has 1 aromatic rings. The van der Waals surface area contributed by atoms with Crippen molar-refractivity contribution in [1.82, 2.24) is 10.2 Å². The number of aromatic hydroxyl groups is 1. The van der Waals surface area contributed by atoms with E-state index in [1.165, 1.54) is 0 Å². The Hall–Kier alpha value is -1.75. The number of benzene rings is 1. The minimum Gasteiger partial charge on any atom is -0.508 e. The van der Waals surface area contributed by atoms with Crippen LogP contribution >= 0.6 is 0 Å². The van der Waals surface area contributed by atoms with Gasteiger partial charge in [-0.15, -0.1) is 0 Å². The van der Waals surface area contributed by atoms with Crippen LogP contribution in [0.4, 0.5) is 0 Å². The van der Waals surface area contributed by atoms with E-state index < -0.39 is 0 Å². The number of methoxy groups -OCH3 is 1. The Balaban J connectivity index is 2.07. The lowest BCUT2D eigenvalue weighted by molar-refractivity contribution is -0.129. The average Bonchev–Trinajstić information content (AvgIpc) is 2.83. The van der Waals surface area contributed by atoms with Gasteiger partial charge in [0, 0.05) is 25.7 Å². The molecule has 1 fully saturated rings. The maximum absolute atomic E-state index is 11.9. The van der Waals surface area contributed by atoms with E-state index in [2.05, 4.69) is 10.2 Å². The van der Waals surface area contributed by atoms with E-state index in [1.807, 2.05) is 13.0 Å². The number of likely N-dealkylation sites (tertiary alicyclic amines) is 1. The topological polar surface area (TPSA) is 61.8 Å². The number of hydrogen-bond acceptors (Lipinski definition) is 4. The first-order valence-corrected chi connectivity index (χ1v) is 6.79. The second-order valence-corrected chi connectivity index (χ2v) is 5.60. The summed E-state index contributed by atoms with van der Waals surface area (Å²) >= 11 is 0. The van der Waals surface area contributed by atoms with Gasteiger partial charge in [-0.05, 0) is 38.1 Å². The first-order chi connectivity index (χ1) is 9.48. The Kier molecular flexibility index (Phi) is 4.18. The number of carbonyl (C=O) groups is 1. The normalized spacial score (nSPS) is 22.8. The summed E-state index contributed by atoms with van der Waals surface area (Å²) in [5, 5.41) is 12.6. The standard InChI is InChI=1S/C15H22N2O3/c1-15(14(19)16-2)6-7-17(10-15)9-11-8-12(20-3)4-5-13(11)18/h4-5,8,18H,6-7,9-10H2,1-3H3,(H,16,19). The third-order valence-corrected chi connectivity index (χ3v) is 4.01. The molecule has 1 unspecified atom stereocenters. The van der Waals surface area contributed by atoms with Crippen LogP contribution in [0, 0.1) is 5.41 Å². The number of hydrogen-bond donors (Lipinski definition) is 2. The highest BCUT2D eigenvalue weighted by atomic mass is 16.5. The molecule has 1 amide bonds. The molecule has 5 heteroatoms. The summed E-state index contributed by atoms with van der Waals surface area (Å²) in [4.78, 5) is 14.1. The van der Waals surface area contributed by atoms with Gasteiger partial charge in [0.05, 0.1) is 12.5 Å². The van der Waals surface area contributed by atoms with E-state index in [1.54, 1.807) is 26.3 Å². The minimum absolute atomic E-state index is 0.0786. The molecular weight excluding hydrogens is 256 g/mol. The fourth-order valence-corrected chi connectivity index (χ4v) is 2.73. The fraction of sp³-hybridized carbons (Fsp3) is 0.533. The van der Waals surface area contributed by atoms with Crippen LogP contribution in [0.25, 0.3) is 0 Å². The molecule has 2 rings (SSSR count). The summed E-state index contributed by atoms with van der Waals surface area (Å²) < 4.78 is 5.18. The van der Waals surface area contributed by atoms with Crippen molar-refractivity contribution in [2.45, 2.75) is 19.9 Å². The molecule has 0 aromatic heterocycles. The summed E-state index contributed by atoms with van der Waals surface area (Å²) in [5.74, 6) is 1.07. The van der Waals surface area contributed by atoms with Crippen LogP contribution in [0.3, 0.4) is 0 Å². The Morgan fingerprint density at radius 2 is 2.30 bits per heavy atom. The Morgan fingerprint density at radius 3 is 2.95 bits per heavy atom. The van der Waals surface area contributed by atoms with E-state index in [0.717, 1.165) is 24.3 Å². The lowest BCUT2D eigenvalue weighted by atomic mass is 9.89. The third kappa shape index (κ3) is 2.88. The first-order valence-electron chi connectivity index (χ1n) is 6.79. The number of phenolic OH excluding ortho intramolecular Hbond substituents is 1. The van der Waals surface area contributed by atoms with Crippen molar-refractivity contribution in [1.29, 1.82) is 0 Å². The summed E-state index contributed by atoms with van der Waals surface area (Å²) in [5.41, 5.74) is 0.481. The van der Waals surface area contributed by atoms with Crippen LogP contribution in [0.5, 0.6) is 11.5 Å². The quantitative estimate of drug-likeness (QED) is 0.873. The lowest BCUT2D eigenvalue weighted by Gasteiger charge is -2.23. The van der Waals surface area contributed by atoms with Crippen molar-refractivity contribution in [2.75, 3.05) is 27.2 Å². The summed E-state index contributed by atoms with van der Waals surface area (Å²) in [6, 6.07) is 5.21. The number of nitrogens with zero attached hydrogens (tertiary/aromatic N) is 1. The van der Waals surface area contributed by atoms with E-state index in [0.29, 0.717) is 13.1 Å². The molecule has 2 N–H and O–H groups in total. The Morgan fingerprint density at radius 1 is 1.55 bits per heavy atom. The molecule has 1 aliphatic rings. The van der Waals surface area contributed by atoms with Crippen molar-refractivity contribution in [2.24, 2.45) is 5.41 Å². The molecular formula is C15H22N2O3. The SMILES string of the molecule is CNC(=O)C1(C)CCN(Cc2cc(OC)ccc2O)C1. The Labute approximate surface area is 119 Å². The maximum Gasteiger partial charge on any atom is 0.227 e. The summed E-state index contributed by atoms with van der Waals surface area (Å²) in [6.07, 6.45) is 0.831. The molecule has 1 atom stereocenters. The van der Waals surface area contributed by atoms with Gasteiger partial charge in [-0.3, -0.25) is 9.69 Å². The summed E-state index contributed by atoms with van der Waals surface area (Å²) in [6.45, 7) is 4.15. The van der Waals surface area contributed by atoms with Crippen LogP contribution < -0.4 is 10.1 Å². The predicted octanol–water partition coefficient (Wildman–Crippen LogP) is 1.36. The number of nitrogens with one attached hydrogen (secondary N) is 1. The van der Waals surface area contributed by atoms with Crippen LogP contribution in [-0.4, -0.2) is 43.2 Å². The Bertz CT molecular complexity index is 504. The van der Waals surface area contributed by atoms with Crippen LogP contribution in [0.1, 0.15) is 18.9 Å². The number of ether oxygens (including phenoxy) is 1. The zero-order valence-electron chi connectivity index (χ0n) is 12.3. The van der Waals surface area contributed by atoms with Gasteiger partial charge in [0.1, 0.15) is 11.5 Å². The minimum atomic E-state index is -0.344. The second-order valence-electron chi connectivity index (χ2n) is 5.60. The predicted molar refractivity (Wildman–Crippen MR) is 76.7 cm³/mol. The lowest BCUT2D eigenvalue weighted by Crippen LogP contribution is -2.39. The monoisotopic (exact) mass is 278 g/mol. The van der Waals surface area contributed by atoms with Crippen molar-refractivity contribution < 1.29 is 14.6 Å². The van der Waals surface area contributed by atoms with Crippen molar-refractivity contribution in [3.8, 4) is 11.5 Å². The van der Waals surface area contributed by atoms with Crippen molar-refractivity contribution in [3.05, 3.63) is 23.8 Å². The molecule has 1 aliphatic heterocycles. The first kappa shape index (κ1) is 14.7. The molecule has 1 saturated heterocycles. The molecule has 1 aromatic carbocycles. The highest BCUT2D eigenvalue weighted by molar-refractivity contribution is 5.82. The highest BCUT2D eigenvalue weighted by Crippen LogP contribution is 2.32. The van der Waals surface area contributed by atoms with E-state index in [4.69, 9.17) is 4.74 Å². The fourth-order valence-electron chi connectivity index (χ4n) is 2.73. The van der Waals surface area contributed by atoms with Gasteiger partial charge in [-0.25, -0.2) is 0 Å². The number of carbonyl (C=O) groups excluding carboxylic acids is 1. The molecule has 0 bridgehead atoms. The number of rotatable bonds is 4. The molecule has 0 radical (unpaired) electrons. The van der Waals surface area contributed by atoms with E-state index in [-0.39, 0.29) is 17.1 Å². The molecule has 20 heavy (non-hydrogen) atoms. The zero-order valence-corrected chi connectivity index (χ0v) is 12.3. The molecule has 1 heterocycles. The van der Waals surface area contributed by atoms with Gasteiger partial charge in [0.2, 0.25) is 5.91 Å². The van der Waals surface area contributed by atoms with Crippen LogP contribution in [-0.2, 0) is 11.3 Å². The number of amides is 1. The van der Waals surface area contributed by atoms with Gasteiger partial charge in [0.25, 0.3) is 0 Å². The van der Waals surface area contributed by atoms with Gasteiger partial charge < -0.3 is 15.2 Å². The number of phenols is 1. The third-order valence-electron chi connectivity index (χ3n) is 4.01. The van der Waals surface area contributed by atoms with E-state index in [9.17, 15) is 9.90 Å². The molecule has 0 spiro atoms. The zero-order chi connectivity index (χ0) is 14.8. The summed E-state index contributed by atoms with van der Waals surface area (Å²) in [7, 11) is 3.28. The van der Waals surface area contributed by atoms with Gasteiger partial charge >= 0.3 is 0 Å². The van der Waals surface area contributed by atoms with Crippen molar-refractivity contribution >= 4 is 5.91 Å². The average molecular weight is 278 g/mol. The highest BCUT2D eigenvalue weighted by Gasteiger charge is 2.39. The van der Waals surface area contributed by atoms with Crippen LogP contribution in [0.15, 0.2) is 18.2 Å². The molecule has 110 valence electrons. The molecule has 0 aliphatic carbocycles. The van der Waals surface area contributed by atoms with E-state index >= 15 is 0 Å². The molecule has 5 nitrogen and oxygen atoms in total. The maximum atomic E-state index is 11.9.